The van der Waals surface area contributed by atoms with Crippen molar-refractivity contribution >= 4 is 17.4 Å². The van der Waals surface area contributed by atoms with E-state index in [1.807, 2.05) is 38.6 Å². The first kappa shape index (κ1) is 13.9. The van der Waals surface area contributed by atoms with Gasteiger partial charge in [0.15, 0.2) is 0 Å². The molecule has 1 aromatic rings. The highest BCUT2D eigenvalue weighted by Gasteiger charge is 2.15. The molecule has 0 radical (unpaired) electrons. The maximum atomic E-state index is 8.91. The summed E-state index contributed by atoms with van der Waals surface area (Å²) >= 11 is 1.83. The fraction of sp³-hybridized carbons (Fsp3) is 0.500. The van der Waals surface area contributed by atoms with Crippen LogP contribution in [0.15, 0.2) is 23.1 Å². The smallest absolute Gasteiger partial charge is 0.0683 e. The first-order valence-corrected chi connectivity index (χ1v) is 6.83. The van der Waals surface area contributed by atoms with Crippen LogP contribution in [0.2, 0.25) is 0 Å². The highest BCUT2D eigenvalue weighted by Crippen LogP contribution is 2.26. The number of nitriles is 1. The average Bonchev–Trinajstić information content (AvgIpc) is 2.29. The SMILES string of the molecule is Cc1cc(SCCCC(C)(C)C#N)ccc1N. The highest BCUT2D eigenvalue weighted by molar-refractivity contribution is 7.99. The lowest BCUT2D eigenvalue weighted by Crippen LogP contribution is -2.07. The molecule has 1 rings (SSSR count). The molecular formula is C14H20N2S. The molecule has 0 heterocycles. The largest absolute Gasteiger partial charge is 0.399 e. The summed E-state index contributed by atoms with van der Waals surface area (Å²) in [6.45, 7) is 6.01. The molecule has 0 amide bonds. The zero-order valence-electron chi connectivity index (χ0n) is 10.8. The number of anilines is 1. The number of nitrogen functional groups attached to an aromatic ring is 1. The fourth-order valence-corrected chi connectivity index (χ4v) is 2.45. The lowest BCUT2D eigenvalue weighted by atomic mass is 9.90. The Bertz CT molecular complexity index is 419. The Kier molecular flexibility index (Phi) is 4.89. The van der Waals surface area contributed by atoms with Gasteiger partial charge >= 0.3 is 0 Å². The summed E-state index contributed by atoms with van der Waals surface area (Å²) < 4.78 is 0. The van der Waals surface area contributed by atoms with Gasteiger partial charge < -0.3 is 5.73 Å². The van der Waals surface area contributed by atoms with Crippen molar-refractivity contribution in [1.82, 2.24) is 0 Å². The van der Waals surface area contributed by atoms with Crippen molar-refractivity contribution in [2.75, 3.05) is 11.5 Å². The van der Waals surface area contributed by atoms with Gasteiger partial charge in [-0.25, -0.2) is 0 Å². The number of nitrogens with two attached hydrogens (primary N) is 1. The topological polar surface area (TPSA) is 49.8 Å². The molecule has 0 atom stereocenters. The molecule has 0 spiro atoms. The monoisotopic (exact) mass is 248 g/mol. The van der Waals surface area contributed by atoms with Crippen LogP contribution >= 0.6 is 11.8 Å². The van der Waals surface area contributed by atoms with Crippen molar-refractivity contribution < 1.29 is 0 Å². The lowest BCUT2D eigenvalue weighted by Gasteiger charge is -2.14. The minimum Gasteiger partial charge on any atom is -0.399 e. The van der Waals surface area contributed by atoms with Crippen molar-refractivity contribution in [3.05, 3.63) is 23.8 Å². The van der Waals surface area contributed by atoms with Crippen molar-refractivity contribution in [3.63, 3.8) is 0 Å². The first-order valence-electron chi connectivity index (χ1n) is 5.85. The zero-order valence-corrected chi connectivity index (χ0v) is 11.6. The van der Waals surface area contributed by atoms with Gasteiger partial charge in [0.2, 0.25) is 0 Å². The highest BCUT2D eigenvalue weighted by atomic mass is 32.2. The van der Waals surface area contributed by atoms with Crippen molar-refractivity contribution in [2.24, 2.45) is 5.41 Å². The van der Waals surface area contributed by atoms with Crippen LogP contribution < -0.4 is 5.73 Å². The Labute approximate surface area is 108 Å². The fourth-order valence-electron chi connectivity index (χ4n) is 1.50. The van der Waals surface area contributed by atoms with E-state index in [0.29, 0.717) is 0 Å². The molecule has 2 nitrogen and oxygen atoms in total. The van der Waals surface area contributed by atoms with Crippen molar-refractivity contribution in [1.29, 1.82) is 5.26 Å². The summed E-state index contributed by atoms with van der Waals surface area (Å²) in [5.74, 6) is 1.05. The predicted octanol–water partition coefficient (Wildman–Crippen LogP) is 4.00. The standard InChI is InChI=1S/C14H20N2S/c1-11-9-12(5-6-13(11)16)17-8-4-7-14(2,3)10-15/h5-6,9H,4,7-8,16H2,1-3H3. The third-order valence-electron chi connectivity index (χ3n) is 2.76. The number of nitrogens with zero attached hydrogens (tertiary/aromatic N) is 1. The first-order chi connectivity index (χ1) is 7.94. The van der Waals surface area contributed by atoms with E-state index in [9.17, 15) is 0 Å². The molecule has 3 heteroatoms. The number of aryl methyl sites for hydroxylation is 1. The number of hydrogen-bond acceptors (Lipinski definition) is 3. The van der Waals surface area contributed by atoms with Crippen LogP contribution in [-0.4, -0.2) is 5.75 Å². The van der Waals surface area contributed by atoms with E-state index in [2.05, 4.69) is 18.2 Å². The zero-order chi connectivity index (χ0) is 12.9. The average molecular weight is 248 g/mol. The second kappa shape index (κ2) is 5.97. The summed E-state index contributed by atoms with van der Waals surface area (Å²) in [4.78, 5) is 1.26. The van der Waals surface area contributed by atoms with Gasteiger partial charge in [-0.2, -0.15) is 5.26 Å². The Morgan fingerprint density at radius 2 is 2.12 bits per heavy atom. The number of benzene rings is 1. The third kappa shape index (κ3) is 4.70. The molecule has 0 fully saturated rings. The molecule has 0 aromatic heterocycles. The molecule has 0 bridgehead atoms. The normalized spacial score (nSPS) is 11.2. The molecule has 0 aliphatic rings. The quantitative estimate of drug-likeness (QED) is 0.487. The summed E-state index contributed by atoms with van der Waals surface area (Å²) in [5.41, 5.74) is 7.56. The maximum absolute atomic E-state index is 8.91. The van der Waals surface area contributed by atoms with Gasteiger partial charge in [0.25, 0.3) is 0 Å². The Hall–Kier alpha value is -1.14. The van der Waals surface area contributed by atoms with Gasteiger partial charge in [-0.1, -0.05) is 0 Å². The van der Waals surface area contributed by atoms with Gasteiger partial charge in [0, 0.05) is 10.6 Å². The molecule has 0 saturated heterocycles. The minimum absolute atomic E-state index is 0.197. The van der Waals surface area contributed by atoms with Gasteiger partial charge in [-0.05, 0) is 63.1 Å². The van der Waals surface area contributed by atoms with Crippen molar-refractivity contribution in [3.8, 4) is 6.07 Å². The predicted molar refractivity (Wildman–Crippen MR) is 74.9 cm³/mol. The summed E-state index contributed by atoms with van der Waals surface area (Å²) in [7, 11) is 0. The van der Waals surface area contributed by atoms with Crippen LogP contribution in [0.1, 0.15) is 32.3 Å². The van der Waals surface area contributed by atoms with Gasteiger partial charge in [0.05, 0.1) is 11.5 Å². The molecule has 92 valence electrons. The third-order valence-corrected chi connectivity index (χ3v) is 3.84. The summed E-state index contributed by atoms with van der Waals surface area (Å²) in [5, 5.41) is 8.91. The minimum atomic E-state index is -0.197. The second-order valence-electron chi connectivity index (χ2n) is 4.97. The van der Waals surface area contributed by atoms with Crippen LogP contribution in [-0.2, 0) is 0 Å². The Morgan fingerprint density at radius 1 is 1.41 bits per heavy atom. The molecule has 0 aliphatic heterocycles. The van der Waals surface area contributed by atoms with E-state index in [-0.39, 0.29) is 5.41 Å². The molecule has 0 aliphatic carbocycles. The van der Waals surface area contributed by atoms with Crippen LogP contribution in [0, 0.1) is 23.7 Å². The number of hydrogen-bond donors (Lipinski definition) is 1. The van der Waals surface area contributed by atoms with E-state index < -0.39 is 0 Å². The molecule has 2 N–H and O–H groups in total. The second-order valence-corrected chi connectivity index (χ2v) is 6.13. The van der Waals surface area contributed by atoms with Gasteiger partial charge in [0.1, 0.15) is 0 Å². The number of rotatable bonds is 5. The Morgan fingerprint density at radius 3 is 2.71 bits per heavy atom. The van der Waals surface area contributed by atoms with E-state index in [1.165, 1.54) is 4.90 Å². The van der Waals surface area contributed by atoms with Crippen LogP contribution in [0.25, 0.3) is 0 Å². The maximum Gasteiger partial charge on any atom is 0.0683 e. The van der Waals surface area contributed by atoms with Crippen LogP contribution in [0.5, 0.6) is 0 Å². The molecule has 0 unspecified atom stereocenters. The van der Waals surface area contributed by atoms with Gasteiger partial charge in [-0.3, -0.25) is 0 Å². The lowest BCUT2D eigenvalue weighted by molar-refractivity contribution is 0.448. The summed E-state index contributed by atoms with van der Waals surface area (Å²) in [6.07, 6.45) is 2.01. The molecule has 0 saturated carbocycles. The van der Waals surface area contributed by atoms with E-state index in [1.54, 1.807) is 0 Å². The number of thioether (sulfide) groups is 1. The summed E-state index contributed by atoms with van der Waals surface area (Å²) in [6, 6.07) is 8.46. The van der Waals surface area contributed by atoms with Gasteiger partial charge in [-0.15, -0.1) is 11.8 Å². The van der Waals surface area contributed by atoms with Crippen molar-refractivity contribution in [2.45, 2.75) is 38.5 Å². The van der Waals surface area contributed by atoms with E-state index in [0.717, 1.165) is 29.8 Å². The van der Waals surface area contributed by atoms with Crippen LogP contribution in [0.4, 0.5) is 5.69 Å². The van der Waals surface area contributed by atoms with Crippen LogP contribution in [0.3, 0.4) is 0 Å². The molecular weight excluding hydrogens is 228 g/mol. The molecule has 17 heavy (non-hydrogen) atoms. The molecule has 1 aromatic carbocycles. The Balaban J connectivity index is 2.37. The van der Waals surface area contributed by atoms with E-state index in [4.69, 9.17) is 11.0 Å². The van der Waals surface area contributed by atoms with E-state index >= 15 is 0 Å².